The van der Waals surface area contributed by atoms with Crippen molar-refractivity contribution < 1.29 is 34.0 Å². The Bertz CT molecular complexity index is 653. The molecular formula is C21H33NO7. The molecule has 8 unspecified atom stereocenters. The number of hydrogen-bond acceptors (Lipinski definition) is 7. The molecule has 164 valence electrons. The molecule has 3 heterocycles. The predicted molar refractivity (Wildman–Crippen MR) is 103 cm³/mol. The number of rotatable bonds is 5. The first-order chi connectivity index (χ1) is 13.7. The maximum absolute atomic E-state index is 12.6. The summed E-state index contributed by atoms with van der Waals surface area (Å²) >= 11 is 0. The summed E-state index contributed by atoms with van der Waals surface area (Å²) in [6.45, 7) is 7.15. The molecule has 1 aliphatic carbocycles. The molecule has 1 spiro atoms. The number of carbonyl (C=O) groups is 1. The van der Waals surface area contributed by atoms with E-state index in [9.17, 15) is 15.0 Å². The van der Waals surface area contributed by atoms with Gasteiger partial charge in [-0.1, -0.05) is 26.0 Å². The van der Waals surface area contributed by atoms with Gasteiger partial charge in [-0.25, -0.2) is 4.79 Å². The van der Waals surface area contributed by atoms with Crippen LogP contribution in [0.1, 0.15) is 33.6 Å². The first-order valence-electron chi connectivity index (χ1n) is 10.5. The number of allylic oxidation sites excluding steroid dienone is 1. The average Bonchev–Trinajstić information content (AvgIpc) is 3.55. The second-order valence-corrected chi connectivity index (χ2v) is 9.38. The van der Waals surface area contributed by atoms with E-state index in [1.54, 1.807) is 7.11 Å². The van der Waals surface area contributed by atoms with E-state index in [0.717, 1.165) is 6.42 Å². The van der Waals surface area contributed by atoms with E-state index in [4.69, 9.17) is 18.9 Å². The van der Waals surface area contributed by atoms with Crippen molar-refractivity contribution in [1.82, 2.24) is 4.90 Å². The monoisotopic (exact) mass is 411 g/mol. The standard InChI is InChI=1S/C21H33NO7/c1-12(2)5-6-16-20(3,29-16)18-17(26-4)15(7-8-21(18)11-27-21)28-19(25)22-9-13(23)14(24)10-22/h5-6,12-18,23-24H,7-11H2,1-4H3. The van der Waals surface area contributed by atoms with E-state index in [1.165, 1.54) is 4.90 Å². The Morgan fingerprint density at radius 2 is 1.93 bits per heavy atom. The van der Waals surface area contributed by atoms with E-state index < -0.39 is 30.0 Å². The Morgan fingerprint density at radius 3 is 2.48 bits per heavy atom. The van der Waals surface area contributed by atoms with Gasteiger partial charge in [-0.3, -0.25) is 0 Å². The first-order valence-corrected chi connectivity index (χ1v) is 10.5. The molecule has 1 saturated carbocycles. The molecule has 8 nitrogen and oxygen atoms in total. The molecule has 0 aromatic heterocycles. The van der Waals surface area contributed by atoms with Crippen molar-refractivity contribution in [2.75, 3.05) is 26.8 Å². The number of ether oxygens (including phenoxy) is 4. The topological polar surface area (TPSA) is 104 Å². The van der Waals surface area contributed by atoms with Crippen LogP contribution in [-0.2, 0) is 18.9 Å². The van der Waals surface area contributed by atoms with Crippen molar-refractivity contribution in [3.05, 3.63) is 12.2 Å². The molecule has 0 radical (unpaired) electrons. The van der Waals surface area contributed by atoms with Crippen LogP contribution in [0.3, 0.4) is 0 Å². The lowest BCUT2D eigenvalue weighted by molar-refractivity contribution is -0.121. The quantitative estimate of drug-likeness (QED) is 0.515. The number of β-amino-alcohol motifs (C(OH)–C–C–N with tert-alkyl or cyclic N) is 2. The number of methoxy groups -OCH3 is 1. The van der Waals surface area contributed by atoms with E-state index in [0.29, 0.717) is 18.9 Å². The molecule has 0 aromatic rings. The fourth-order valence-corrected chi connectivity index (χ4v) is 5.07. The van der Waals surface area contributed by atoms with Crippen molar-refractivity contribution in [3.8, 4) is 0 Å². The zero-order chi connectivity index (χ0) is 21.0. The van der Waals surface area contributed by atoms with Crippen molar-refractivity contribution >= 4 is 6.09 Å². The van der Waals surface area contributed by atoms with E-state index in [-0.39, 0.29) is 36.8 Å². The molecule has 4 fully saturated rings. The number of aliphatic hydroxyl groups is 2. The summed E-state index contributed by atoms with van der Waals surface area (Å²) in [5.41, 5.74) is -0.702. The summed E-state index contributed by atoms with van der Waals surface area (Å²) in [5, 5.41) is 19.4. The van der Waals surface area contributed by atoms with E-state index in [2.05, 4.69) is 32.9 Å². The highest BCUT2D eigenvalue weighted by molar-refractivity contribution is 5.68. The molecule has 29 heavy (non-hydrogen) atoms. The summed E-state index contributed by atoms with van der Waals surface area (Å²) in [5.74, 6) is 0.391. The van der Waals surface area contributed by atoms with Crippen LogP contribution in [0.4, 0.5) is 4.79 Å². The van der Waals surface area contributed by atoms with Gasteiger partial charge >= 0.3 is 6.09 Å². The maximum Gasteiger partial charge on any atom is 0.410 e. The fourth-order valence-electron chi connectivity index (χ4n) is 5.07. The molecule has 0 aromatic carbocycles. The highest BCUT2D eigenvalue weighted by Gasteiger charge is 2.72. The molecule has 2 N–H and O–H groups in total. The molecule has 4 rings (SSSR count). The van der Waals surface area contributed by atoms with Crippen LogP contribution in [0.5, 0.6) is 0 Å². The number of amides is 1. The lowest BCUT2D eigenvalue weighted by Gasteiger charge is -2.42. The summed E-state index contributed by atoms with van der Waals surface area (Å²) in [6, 6.07) is 0. The van der Waals surface area contributed by atoms with Gasteiger partial charge in [0.2, 0.25) is 0 Å². The van der Waals surface area contributed by atoms with E-state index >= 15 is 0 Å². The van der Waals surface area contributed by atoms with Crippen LogP contribution in [0.2, 0.25) is 0 Å². The van der Waals surface area contributed by atoms with Crippen molar-refractivity contribution in [2.45, 2.75) is 75.3 Å². The third-order valence-electron chi connectivity index (χ3n) is 6.85. The van der Waals surface area contributed by atoms with Crippen molar-refractivity contribution in [1.29, 1.82) is 0 Å². The third kappa shape index (κ3) is 3.81. The van der Waals surface area contributed by atoms with Crippen LogP contribution in [0.15, 0.2) is 12.2 Å². The van der Waals surface area contributed by atoms with Crippen LogP contribution in [0, 0.1) is 11.8 Å². The number of nitrogens with zero attached hydrogens (tertiary/aromatic N) is 1. The number of aliphatic hydroxyl groups excluding tert-OH is 2. The second-order valence-electron chi connectivity index (χ2n) is 9.38. The van der Waals surface area contributed by atoms with Crippen molar-refractivity contribution in [3.63, 3.8) is 0 Å². The Kier molecular flexibility index (Phi) is 5.44. The number of likely N-dealkylation sites (tertiary alicyclic amines) is 1. The highest BCUT2D eigenvalue weighted by atomic mass is 16.6. The summed E-state index contributed by atoms with van der Waals surface area (Å²) in [4.78, 5) is 14.0. The van der Waals surface area contributed by atoms with Crippen molar-refractivity contribution in [2.24, 2.45) is 11.8 Å². The van der Waals surface area contributed by atoms with Gasteiger partial charge < -0.3 is 34.1 Å². The Labute approximate surface area is 171 Å². The summed E-state index contributed by atoms with van der Waals surface area (Å²) < 4.78 is 23.7. The van der Waals surface area contributed by atoms with Gasteiger partial charge in [0.1, 0.15) is 29.5 Å². The lowest BCUT2D eigenvalue weighted by atomic mass is 9.68. The number of hydrogen-bond donors (Lipinski definition) is 2. The maximum atomic E-state index is 12.6. The molecule has 0 bridgehead atoms. The zero-order valence-electron chi connectivity index (χ0n) is 17.6. The van der Waals surface area contributed by atoms with Gasteiger partial charge in [-0.15, -0.1) is 0 Å². The highest BCUT2D eigenvalue weighted by Crippen LogP contribution is 2.59. The van der Waals surface area contributed by atoms with Gasteiger partial charge in [0.05, 0.1) is 37.8 Å². The summed E-state index contributed by atoms with van der Waals surface area (Å²) in [6.07, 6.45) is 2.48. The Morgan fingerprint density at radius 1 is 1.28 bits per heavy atom. The number of epoxide rings is 2. The fraction of sp³-hybridized carbons (Fsp3) is 0.857. The van der Waals surface area contributed by atoms with Crippen LogP contribution < -0.4 is 0 Å². The Hall–Kier alpha value is -1.19. The average molecular weight is 411 g/mol. The minimum atomic E-state index is -0.935. The minimum Gasteiger partial charge on any atom is -0.443 e. The van der Waals surface area contributed by atoms with Gasteiger partial charge in [0, 0.05) is 7.11 Å². The molecular weight excluding hydrogens is 378 g/mol. The van der Waals surface area contributed by atoms with Crippen LogP contribution >= 0.6 is 0 Å². The Balaban J connectivity index is 1.48. The lowest BCUT2D eigenvalue weighted by Crippen LogP contribution is -2.56. The molecule has 3 aliphatic heterocycles. The van der Waals surface area contributed by atoms with Gasteiger partial charge in [0.15, 0.2) is 0 Å². The second kappa shape index (κ2) is 7.50. The summed E-state index contributed by atoms with van der Waals surface area (Å²) in [7, 11) is 1.63. The SMILES string of the molecule is COC1C(OC(=O)N2CC(O)C(O)C2)CCC2(CO2)C1C1(C)OC1C=CC(C)C. The van der Waals surface area contributed by atoms with Gasteiger partial charge in [-0.2, -0.15) is 0 Å². The van der Waals surface area contributed by atoms with E-state index in [1.807, 2.05) is 0 Å². The predicted octanol–water partition coefficient (Wildman–Crippen LogP) is 1.09. The normalized spacial score (nSPS) is 46.7. The molecule has 8 heteroatoms. The largest absolute Gasteiger partial charge is 0.443 e. The van der Waals surface area contributed by atoms with Crippen LogP contribution in [-0.4, -0.2) is 89.7 Å². The molecule has 4 aliphatic rings. The first kappa shape index (κ1) is 21.1. The minimum absolute atomic E-state index is 0.00745. The molecule has 8 atom stereocenters. The van der Waals surface area contributed by atoms with Gasteiger partial charge in [0.25, 0.3) is 0 Å². The zero-order valence-corrected chi connectivity index (χ0v) is 17.6. The molecule has 1 amide bonds. The van der Waals surface area contributed by atoms with Gasteiger partial charge in [-0.05, 0) is 25.7 Å². The number of carbonyl (C=O) groups excluding carboxylic acids is 1. The third-order valence-corrected chi connectivity index (χ3v) is 6.85. The van der Waals surface area contributed by atoms with Crippen LogP contribution in [0.25, 0.3) is 0 Å². The smallest absolute Gasteiger partial charge is 0.410 e. The molecule has 3 saturated heterocycles.